The Morgan fingerprint density at radius 3 is 2.80 bits per heavy atom. The maximum absolute atomic E-state index is 11.7. The van der Waals surface area contributed by atoms with Crippen molar-refractivity contribution in [2.24, 2.45) is 0 Å². The van der Waals surface area contributed by atoms with E-state index in [1.165, 1.54) is 0 Å². The Labute approximate surface area is 103 Å². The van der Waals surface area contributed by atoms with Gasteiger partial charge in [0.2, 0.25) is 0 Å². The molecule has 15 heavy (non-hydrogen) atoms. The molecule has 0 saturated carbocycles. The van der Waals surface area contributed by atoms with Crippen LogP contribution in [0.2, 0.25) is 0 Å². The smallest absolute Gasteiger partial charge is 0.252 e. The number of halogens is 1. The van der Waals surface area contributed by atoms with E-state index in [1.54, 1.807) is 12.1 Å². The second-order valence-corrected chi connectivity index (χ2v) is 4.70. The Morgan fingerprint density at radius 1 is 1.60 bits per heavy atom. The molecule has 0 fully saturated rings. The van der Waals surface area contributed by atoms with E-state index in [0.29, 0.717) is 17.0 Å². The Morgan fingerprint density at radius 2 is 2.27 bits per heavy atom. The van der Waals surface area contributed by atoms with Crippen molar-refractivity contribution in [2.45, 2.75) is 11.8 Å². The Bertz CT molecular complexity index is 404. The molecular weight excluding hydrogens is 274 g/mol. The molecule has 80 valence electrons. The molecule has 1 aromatic rings. The SMILES string of the molecule is C=C(C)CNC(=O)c1ccc(Br)cc1S. The van der Waals surface area contributed by atoms with Crippen LogP contribution in [0.15, 0.2) is 39.7 Å². The molecule has 1 amide bonds. The van der Waals surface area contributed by atoms with Gasteiger partial charge in [-0.2, -0.15) is 0 Å². The standard InChI is InChI=1S/C11H12BrNOS/c1-7(2)6-13-11(14)9-4-3-8(12)5-10(9)15/h3-5,15H,1,6H2,2H3,(H,13,14). The van der Waals surface area contributed by atoms with E-state index in [4.69, 9.17) is 0 Å². The van der Waals surface area contributed by atoms with Crippen LogP contribution in [0, 0.1) is 0 Å². The maximum atomic E-state index is 11.7. The van der Waals surface area contributed by atoms with Gasteiger partial charge in [-0.3, -0.25) is 4.79 Å². The summed E-state index contributed by atoms with van der Waals surface area (Å²) < 4.78 is 0.906. The fraction of sp³-hybridized carbons (Fsp3) is 0.182. The lowest BCUT2D eigenvalue weighted by Crippen LogP contribution is -2.25. The highest BCUT2D eigenvalue weighted by molar-refractivity contribution is 9.10. The average Bonchev–Trinajstić information content (AvgIpc) is 2.14. The first-order valence-electron chi connectivity index (χ1n) is 4.42. The van der Waals surface area contributed by atoms with Crippen molar-refractivity contribution in [1.82, 2.24) is 5.32 Å². The lowest BCUT2D eigenvalue weighted by atomic mass is 10.2. The number of thiol groups is 1. The van der Waals surface area contributed by atoms with Gasteiger partial charge in [0.05, 0.1) is 5.56 Å². The van der Waals surface area contributed by atoms with E-state index in [9.17, 15) is 4.79 Å². The third-order valence-electron chi connectivity index (χ3n) is 1.76. The molecule has 0 unspecified atom stereocenters. The average molecular weight is 286 g/mol. The minimum Gasteiger partial charge on any atom is -0.348 e. The van der Waals surface area contributed by atoms with E-state index in [-0.39, 0.29) is 5.91 Å². The zero-order valence-corrected chi connectivity index (χ0v) is 10.9. The van der Waals surface area contributed by atoms with Gasteiger partial charge < -0.3 is 5.32 Å². The number of nitrogens with one attached hydrogen (secondary N) is 1. The van der Waals surface area contributed by atoms with E-state index >= 15 is 0 Å². The first kappa shape index (κ1) is 12.3. The summed E-state index contributed by atoms with van der Waals surface area (Å²) in [5, 5.41) is 2.76. The molecule has 1 N–H and O–H groups in total. The van der Waals surface area contributed by atoms with Gasteiger partial charge in [-0.15, -0.1) is 12.6 Å². The summed E-state index contributed by atoms with van der Waals surface area (Å²) >= 11 is 7.55. The quantitative estimate of drug-likeness (QED) is 0.649. The van der Waals surface area contributed by atoms with Gasteiger partial charge in [-0.25, -0.2) is 0 Å². The normalized spacial score (nSPS) is 9.80. The van der Waals surface area contributed by atoms with Crippen LogP contribution < -0.4 is 5.32 Å². The monoisotopic (exact) mass is 285 g/mol. The summed E-state index contributed by atoms with van der Waals surface area (Å²) in [6.45, 7) is 6.07. The van der Waals surface area contributed by atoms with Crippen molar-refractivity contribution < 1.29 is 4.79 Å². The van der Waals surface area contributed by atoms with E-state index in [2.05, 4.69) is 40.5 Å². The van der Waals surface area contributed by atoms with Crippen molar-refractivity contribution in [3.05, 3.63) is 40.4 Å². The maximum Gasteiger partial charge on any atom is 0.252 e. The first-order valence-corrected chi connectivity index (χ1v) is 5.66. The molecule has 4 heteroatoms. The van der Waals surface area contributed by atoms with Crippen LogP contribution in [-0.2, 0) is 0 Å². The Hall–Kier alpha value is -0.740. The lowest BCUT2D eigenvalue weighted by molar-refractivity contribution is 0.0954. The molecule has 1 rings (SSSR count). The molecular formula is C11H12BrNOS. The number of benzene rings is 1. The van der Waals surface area contributed by atoms with Crippen LogP contribution in [0.5, 0.6) is 0 Å². The molecule has 0 heterocycles. The highest BCUT2D eigenvalue weighted by atomic mass is 79.9. The highest BCUT2D eigenvalue weighted by Crippen LogP contribution is 2.19. The first-order chi connectivity index (χ1) is 7.00. The summed E-state index contributed by atoms with van der Waals surface area (Å²) in [5.74, 6) is -0.129. The number of amides is 1. The summed E-state index contributed by atoms with van der Waals surface area (Å²) in [6.07, 6.45) is 0. The van der Waals surface area contributed by atoms with Gasteiger partial charge in [0.25, 0.3) is 5.91 Å². The molecule has 0 saturated heterocycles. The summed E-state index contributed by atoms with van der Waals surface area (Å²) in [7, 11) is 0. The predicted molar refractivity (Wildman–Crippen MR) is 68.5 cm³/mol. The van der Waals surface area contributed by atoms with Crippen LogP contribution in [-0.4, -0.2) is 12.5 Å². The van der Waals surface area contributed by atoms with Crippen LogP contribution in [0.1, 0.15) is 17.3 Å². The zero-order valence-electron chi connectivity index (χ0n) is 8.38. The van der Waals surface area contributed by atoms with Crippen LogP contribution in [0.25, 0.3) is 0 Å². The van der Waals surface area contributed by atoms with Gasteiger partial charge in [-0.1, -0.05) is 28.1 Å². The van der Waals surface area contributed by atoms with Gasteiger partial charge in [0, 0.05) is 15.9 Å². The molecule has 0 spiro atoms. The van der Waals surface area contributed by atoms with Crippen molar-refractivity contribution in [3.8, 4) is 0 Å². The van der Waals surface area contributed by atoms with Gasteiger partial charge in [0.15, 0.2) is 0 Å². The van der Waals surface area contributed by atoms with E-state index in [1.807, 2.05) is 13.0 Å². The number of hydrogen-bond donors (Lipinski definition) is 2. The Balaban J connectivity index is 2.78. The molecule has 0 bridgehead atoms. The van der Waals surface area contributed by atoms with E-state index in [0.717, 1.165) is 10.0 Å². The highest BCUT2D eigenvalue weighted by Gasteiger charge is 2.08. The molecule has 0 aromatic heterocycles. The van der Waals surface area contributed by atoms with Crippen molar-refractivity contribution in [1.29, 1.82) is 0 Å². The molecule has 1 aromatic carbocycles. The van der Waals surface area contributed by atoms with Crippen molar-refractivity contribution >= 4 is 34.5 Å². The van der Waals surface area contributed by atoms with Gasteiger partial charge in [-0.05, 0) is 25.1 Å². The largest absolute Gasteiger partial charge is 0.348 e. The number of hydrogen-bond acceptors (Lipinski definition) is 2. The fourth-order valence-electron chi connectivity index (χ4n) is 1.02. The van der Waals surface area contributed by atoms with Crippen molar-refractivity contribution in [3.63, 3.8) is 0 Å². The third kappa shape index (κ3) is 3.72. The predicted octanol–water partition coefficient (Wildman–Crippen LogP) is 3.04. The number of carbonyl (C=O) groups is 1. The summed E-state index contributed by atoms with van der Waals surface area (Å²) in [5.41, 5.74) is 1.49. The van der Waals surface area contributed by atoms with Crippen LogP contribution in [0.4, 0.5) is 0 Å². The second-order valence-electron chi connectivity index (χ2n) is 3.30. The van der Waals surface area contributed by atoms with Gasteiger partial charge >= 0.3 is 0 Å². The van der Waals surface area contributed by atoms with Crippen molar-refractivity contribution in [2.75, 3.05) is 6.54 Å². The topological polar surface area (TPSA) is 29.1 Å². The third-order valence-corrected chi connectivity index (χ3v) is 2.62. The van der Waals surface area contributed by atoms with Crippen LogP contribution in [0.3, 0.4) is 0 Å². The molecule has 2 nitrogen and oxygen atoms in total. The molecule has 0 aliphatic carbocycles. The fourth-order valence-corrected chi connectivity index (χ4v) is 1.88. The molecule has 0 radical (unpaired) electrons. The number of rotatable bonds is 3. The minimum atomic E-state index is -0.129. The molecule has 0 aliphatic heterocycles. The minimum absolute atomic E-state index is 0.129. The van der Waals surface area contributed by atoms with Gasteiger partial charge in [0.1, 0.15) is 0 Å². The molecule has 0 aliphatic rings. The Kier molecular flexibility index (Phi) is 4.42. The molecule has 0 atom stereocenters. The van der Waals surface area contributed by atoms with Crippen LogP contribution >= 0.6 is 28.6 Å². The lowest BCUT2D eigenvalue weighted by Gasteiger charge is -2.07. The summed E-state index contributed by atoms with van der Waals surface area (Å²) in [6, 6.07) is 5.34. The number of carbonyl (C=O) groups excluding carboxylic acids is 1. The van der Waals surface area contributed by atoms with E-state index < -0.39 is 0 Å². The summed E-state index contributed by atoms with van der Waals surface area (Å²) in [4.78, 5) is 12.3. The zero-order chi connectivity index (χ0) is 11.4. The second kappa shape index (κ2) is 5.37.